The molecule has 0 amide bonds. The molecule has 6 nitrogen and oxygen atoms in total. The molecule has 1 rings (SSSR count). The fourth-order valence-corrected chi connectivity index (χ4v) is 1.51. The van der Waals surface area contributed by atoms with Crippen LogP contribution in [0, 0.1) is 6.92 Å². The van der Waals surface area contributed by atoms with E-state index in [0.29, 0.717) is 11.6 Å². The lowest BCUT2D eigenvalue weighted by Crippen LogP contribution is -2.14. The minimum atomic E-state index is -0.913. The highest BCUT2D eigenvalue weighted by molar-refractivity contribution is 5.72. The Kier molecular flexibility index (Phi) is 5.90. The van der Waals surface area contributed by atoms with Gasteiger partial charge in [-0.1, -0.05) is 19.8 Å². The van der Waals surface area contributed by atoms with E-state index in [1.54, 1.807) is 13.0 Å². The molecule has 0 atom stereocenters. The second kappa shape index (κ2) is 7.47. The highest BCUT2D eigenvalue weighted by atomic mass is 16.4. The number of carbonyl (C=O) groups is 1. The monoisotopic (exact) mass is 252 g/mol. The molecular formula is C12H20N4O2. The third-order valence-corrected chi connectivity index (χ3v) is 2.35. The molecule has 1 heterocycles. The summed E-state index contributed by atoms with van der Waals surface area (Å²) in [7, 11) is 0. The van der Waals surface area contributed by atoms with Crippen molar-refractivity contribution in [2.75, 3.05) is 23.7 Å². The van der Waals surface area contributed by atoms with E-state index in [2.05, 4.69) is 27.5 Å². The molecule has 0 saturated carbocycles. The highest BCUT2D eigenvalue weighted by Crippen LogP contribution is 2.11. The molecule has 0 spiro atoms. The molecule has 0 aliphatic heterocycles. The van der Waals surface area contributed by atoms with Crippen LogP contribution in [0.15, 0.2) is 6.07 Å². The van der Waals surface area contributed by atoms with Crippen LogP contribution in [0.1, 0.15) is 32.0 Å². The molecule has 0 aromatic carbocycles. The predicted octanol–water partition coefficient (Wildman–Crippen LogP) is 1.88. The molecule has 0 unspecified atom stereocenters. The number of carboxylic acid groups (broad SMARTS) is 1. The summed E-state index contributed by atoms with van der Waals surface area (Å²) >= 11 is 0. The van der Waals surface area contributed by atoms with Gasteiger partial charge in [0, 0.05) is 12.6 Å². The molecule has 6 heteroatoms. The Morgan fingerprint density at radius 1 is 1.28 bits per heavy atom. The van der Waals surface area contributed by atoms with Crippen LogP contribution >= 0.6 is 0 Å². The molecule has 0 bridgehead atoms. The first-order valence-electron chi connectivity index (χ1n) is 6.17. The zero-order chi connectivity index (χ0) is 13.4. The quantitative estimate of drug-likeness (QED) is 0.612. The normalized spacial score (nSPS) is 10.1. The van der Waals surface area contributed by atoms with Crippen molar-refractivity contribution >= 4 is 17.6 Å². The van der Waals surface area contributed by atoms with Crippen molar-refractivity contribution in [1.29, 1.82) is 0 Å². The second-order valence-corrected chi connectivity index (χ2v) is 4.07. The summed E-state index contributed by atoms with van der Waals surface area (Å²) in [5, 5.41) is 14.5. The molecule has 1 aromatic heterocycles. The summed E-state index contributed by atoms with van der Waals surface area (Å²) in [6.45, 7) is 4.65. The molecular weight excluding hydrogens is 232 g/mol. The topological polar surface area (TPSA) is 87.1 Å². The number of nitrogens with one attached hydrogen (secondary N) is 2. The van der Waals surface area contributed by atoms with Gasteiger partial charge in [0.05, 0.1) is 0 Å². The summed E-state index contributed by atoms with van der Waals surface area (Å²) < 4.78 is 0. The van der Waals surface area contributed by atoms with Gasteiger partial charge in [0.2, 0.25) is 0 Å². The van der Waals surface area contributed by atoms with Crippen LogP contribution in [0.2, 0.25) is 0 Å². The first kappa shape index (κ1) is 14.2. The van der Waals surface area contributed by atoms with E-state index in [0.717, 1.165) is 18.8 Å². The van der Waals surface area contributed by atoms with E-state index >= 15 is 0 Å². The van der Waals surface area contributed by atoms with Gasteiger partial charge < -0.3 is 15.7 Å². The van der Waals surface area contributed by atoms with E-state index in [4.69, 9.17) is 5.11 Å². The number of hydrogen-bond acceptors (Lipinski definition) is 5. The average molecular weight is 252 g/mol. The molecule has 0 fully saturated rings. The van der Waals surface area contributed by atoms with Gasteiger partial charge in [-0.25, -0.2) is 9.97 Å². The Hall–Kier alpha value is -1.85. The van der Waals surface area contributed by atoms with Crippen LogP contribution in [-0.4, -0.2) is 34.1 Å². The largest absolute Gasteiger partial charge is 0.480 e. The average Bonchev–Trinajstić information content (AvgIpc) is 2.32. The maximum absolute atomic E-state index is 10.5. The van der Waals surface area contributed by atoms with Crippen LogP contribution in [0.25, 0.3) is 0 Å². The number of aliphatic carboxylic acids is 1. The maximum atomic E-state index is 10.5. The van der Waals surface area contributed by atoms with Gasteiger partial charge in [0.15, 0.2) is 0 Å². The van der Waals surface area contributed by atoms with Gasteiger partial charge in [-0.2, -0.15) is 0 Å². The van der Waals surface area contributed by atoms with Crippen LogP contribution in [-0.2, 0) is 4.79 Å². The Labute approximate surface area is 107 Å². The summed E-state index contributed by atoms with van der Waals surface area (Å²) in [5.41, 5.74) is 0. The van der Waals surface area contributed by atoms with Crippen LogP contribution < -0.4 is 10.6 Å². The fraction of sp³-hybridized carbons (Fsp3) is 0.583. The number of hydrogen-bond donors (Lipinski definition) is 3. The van der Waals surface area contributed by atoms with Crippen molar-refractivity contribution < 1.29 is 9.90 Å². The van der Waals surface area contributed by atoms with E-state index in [1.807, 2.05) is 0 Å². The Balaban J connectivity index is 2.54. The fourth-order valence-electron chi connectivity index (χ4n) is 1.51. The standard InChI is InChI=1S/C12H20N4O2/c1-3-4-5-6-13-10-7-11(14-8-12(17)18)16-9(2)15-10/h7H,3-6,8H2,1-2H3,(H,17,18)(H2,13,14,15,16). The third kappa shape index (κ3) is 5.47. The van der Waals surface area contributed by atoms with Gasteiger partial charge in [-0.3, -0.25) is 4.79 Å². The molecule has 1 aromatic rings. The zero-order valence-corrected chi connectivity index (χ0v) is 10.9. The number of anilines is 2. The van der Waals surface area contributed by atoms with Crippen LogP contribution in [0.5, 0.6) is 0 Å². The van der Waals surface area contributed by atoms with Gasteiger partial charge >= 0.3 is 5.97 Å². The highest BCUT2D eigenvalue weighted by Gasteiger charge is 2.03. The minimum absolute atomic E-state index is 0.147. The predicted molar refractivity (Wildman–Crippen MR) is 70.9 cm³/mol. The summed E-state index contributed by atoms with van der Waals surface area (Å²) in [4.78, 5) is 18.8. The number of carboxylic acids is 1. The SMILES string of the molecule is CCCCCNc1cc(NCC(=O)O)nc(C)n1. The Morgan fingerprint density at radius 3 is 2.56 bits per heavy atom. The van der Waals surface area contributed by atoms with Crippen molar-refractivity contribution in [3.05, 3.63) is 11.9 Å². The summed E-state index contributed by atoms with van der Waals surface area (Å²) in [6, 6.07) is 1.72. The van der Waals surface area contributed by atoms with Crippen molar-refractivity contribution in [3.63, 3.8) is 0 Å². The Bertz CT molecular complexity index is 396. The second-order valence-electron chi connectivity index (χ2n) is 4.07. The minimum Gasteiger partial charge on any atom is -0.480 e. The van der Waals surface area contributed by atoms with Gasteiger partial charge in [-0.15, -0.1) is 0 Å². The smallest absolute Gasteiger partial charge is 0.322 e. The lowest BCUT2D eigenvalue weighted by molar-refractivity contribution is -0.134. The van der Waals surface area contributed by atoms with Crippen LogP contribution in [0.4, 0.5) is 11.6 Å². The van der Waals surface area contributed by atoms with Crippen molar-refractivity contribution in [3.8, 4) is 0 Å². The molecule has 100 valence electrons. The lowest BCUT2D eigenvalue weighted by atomic mass is 10.2. The molecule has 18 heavy (non-hydrogen) atoms. The lowest BCUT2D eigenvalue weighted by Gasteiger charge is -2.08. The number of nitrogens with zero attached hydrogens (tertiary/aromatic N) is 2. The van der Waals surface area contributed by atoms with E-state index < -0.39 is 5.97 Å². The first-order valence-corrected chi connectivity index (χ1v) is 6.17. The number of aromatic nitrogens is 2. The number of unbranched alkanes of at least 4 members (excludes halogenated alkanes) is 2. The molecule has 3 N–H and O–H groups in total. The van der Waals surface area contributed by atoms with Crippen LogP contribution in [0.3, 0.4) is 0 Å². The van der Waals surface area contributed by atoms with E-state index in [9.17, 15) is 4.79 Å². The Morgan fingerprint density at radius 2 is 1.94 bits per heavy atom. The van der Waals surface area contributed by atoms with Gasteiger partial charge in [0.1, 0.15) is 24.0 Å². The number of rotatable bonds is 8. The van der Waals surface area contributed by atoms with Crippen molar-refractivity contribution in [2.24, 2.45) is 0 Å². The molecule has 0 radical (unpaired) electrons. The molecule has 0 saturated heterocycles. The molecule has 0 aliphatic carbocycles. The maximum Gasteiger partial charge on any atom is 0.322 e. The summed E-state index contributed by atoms with van der Waals surface area (Å²) in [5.74, 6) is 0.960. The summed E-state index contributed by atoms with van der Waals surface area (Å²) in [6.07, 6.45) is 3.45. The van der Waals surface area contributed by atoms with Gasteiger partial charge in [-0.05, 0) is 13.3 Å². The van der Waals surface area contributed by atoms with Crippen molar-refractivity contribution in [1.82, 2.24) is 9.97 Å². The zero-order valence-electron chi connectivity index (χ0n) is 10.9. The van der Waals surface area contributed by atoms with Gasteiger partial charge in [0.25, 0.3) is 0 Å². The van der Waals surface area contributed by atoms with Crippen molar-refractivity contribution in [2.45, 2.75) is 33.1 Å². The van der Waals surface area contributed by atoms with E-state index in [1.165, 1.54) is 12.8 Å². The first-order chi connectivity index (χ1) is 8.61. The third-order valence-electron chi connectivity index (χ3n) is 2.35. The number of aryl methyl sites for hydroxylation is 1. The van der Waals surface area contributed by atoms with E-state index in [-0.39, 0.29) is 6.54 Å². The molecule has 0 aliphatic rings.